The van der Waals surface area contributed by atoms with Gasteiger partial charge in [-0.15, -0.1) is 0 Å². The molecular weight excluding hydrogens is 388 g/mol. The fourth-order valence-corrected chi connectivity index (χ4v) is 5.45. The average Bonchev–Trinajstić information content (AvgIpc) is 3.25. The summed E-state index contributed by atoms with van der Waals surface area (Å²) in [6, 6.07) is 10.2. The van der Waals surface area contributed by atoms with E-state index in [4.69, 9.17) is 16.3 Å². The van der Waals surface area contributed by atoms with Gasteiger partial charge in [0.15, 0.2) is 0 Å². The lowest BCUT2D eigenvalue weighted by Gasteiger charge is -2.22. The minimum absolute atomic E-state index is 0.163. The summed E-state index contributed by atoms with van der Waals surface area (Å²) in [5, 5.41) is 0.301. The molecule has 0 radical (unpaired) electrons. The Hall–Kier alpha value is -2.64. The number of methoxy groups -OCH3 is 1. The molecule has 0 aliphatic carbocycles. The van der Waals surface area contributed by atoms with Crippen LogP contribution in [0.1, 0.15) is 5.56 Å². The molecule has 1 aromatic carbocycles. The molecule has 2 atom stereocenters. The summed E-state index contributed by atoms with van der Waals surface area (Å²) in [5.41, 5.74) is 1.11. The third kappa shape index (κ3) is 2.74. The van der Waals surface area contributed by atoms with Gasteiger partial charge in [0, 0.05) is 11.8 Å². The van der Waals surface area contributed by atoms with E-state index in [0.29, 0.717) is 16.3 Å². The van der Waals surface area contributed by atoms with Gasteiger partial charge in [-0.1, -0.05) is 42.0 Å². The van der Waals surface area contributed by atoms with Crippen LogP contribution in [0.2, 0.25) is 5.15 Å². The van der Waals surface area contributed by atoms with Crippen molar-refractivity contribution >= 4 is 33.1 Å². The molecule has 6 nitrogen and oxygen atoms in total. The maximum atomic E-state index is 13.4. The van der Waals surface area contributed by atoms with Crippen LogP contribution < -0.4 is 0 Å². The highest BCUT2D eigenvalue weighted by Crippen LogP contribution is 2.46. The summed E-state index contributed by atoms with van der Waals surface area (Å²) >= 11 is 5.88. The van der Waals surface area contributed by atoms with Crippen molar-refractivity contribution in [3.8, 4) is 0 Å². The van der Waals surface area contributed by atoms with Crippen molar-refractivity contribution in [3.05, 3.63) is 76.4 Å². The number of amides is 1. The Labute approximate surface area is 161 Å². The molecule has 0 unspecified atom stereocenters. The predicted molar refractivity (Wildman–Crippen MR) is 101 cm³/mol. The van der Waals surface area contributed by atoms with Crippen LogP contribution in [0.25, 0.3) is 5.57 Å². The van der Waals surface area contributed by atoms with E-state index in [-0.39, 0.29) is 9.80 Å². The first-order valence-electron chi connectivity index (χ1n) is 8.16. The minimum atomic E-state index is -3.83. The molecule has 2 aromatic rings. The van der Waals surface area contributed by atoms with Crippen LogP contribution in [0.4, 0.5) is 4.79 Å². The lowest BCUT2D eigenvalue weighted by atomic mass is 9.99. The fraction of sp³-hybridized carbons (Fsp3) is 0.158. The van der Waals surface area contributed by atoms with Gasteiger partial charge in [0.05, 0.1) is 29.0 Å². The zero-order valence-corrected chi connectivity index (χ0v) is 15.8. The van der Waals surface area contributed by atoms with Gasteiger partial charge in [0.2, 0.25) is 9.84 Å². The predicted octanol–water partition coefficient (Wildman–Crippen LogP) is 3.31. The van der Waals surface area contributed by atoms with E-state index in [9.17, 15) is 13.2 Å². The Bertz CT molecular complexity index is 1060. The lowest BCUT2D eigenvalue weighted by molar-refractivity contribution is 0.124. The Morgan fingerprint density at radius 3 is 2.44 bits per heavy atom. The van der Waals surface area contributed by atoms with E-state index >= 15 is 0 Å². The van der Waals surface area contributed by atoms with E-state index in [0.717, 1.165) is 0 Å². The van der Waals surface area contributed by atoms with E-state index in [1.54, 1.807) is 42.5 Å². The summed E-state index contributed by atoms with van der Waals surface area (Å²) < 4.78 is 31.7. The quantitative estimate of drug-likeness (QED) is 0.581. The molecule has 8 heteroatoms. The van der Waals surface area contributed by atoms with Crippen LogP contribution in [-0.2, 0) is 14.6 Å². The lowest BCUT2D eigenvalue weighted by Crippen LogP contribution is -2.38. The van der Waals surface area contributed by atoms with Crippen molar-refractivity contribution in [2.75, 3.05) is 7.11 Å². The molecule has 0 saturated heterocycles. The molecule has 2 aliphatic rings. The smallest absolute Gasteiger partial charge is 0.411 e. The van der Waals surface area contributed by atoms with Crippen LogP contribution in [0, 0.1) is 0 Å². The SMILES string of the molecule is COC(=O)N1[C@@H]2C=C[C@H]1C(S(=O)(=O)c1ccccc1)=C2c1ccc(Cl)nc1. The summed E-state index contributed by atoms with van der Waals surface area (Å²) in [6.07, 6.45) is 4.44. The van der Waals surface area contributed by atoms with Crippen LogP contribution in [0.5, 0.6) is 0 Å². The standard InChI is InChI=1S/C19H15ClN2O4S/c1-26-19(23)22-14-8-9-15(22)18(17(14)12-7-10-16(20)21-11-12)27(24,25)13-5-3-2-4-6-13/h2-11,14-15H,1H3/t14-,15+/m1/s1. The molecule has 138 valence electrons. The number of ether oxygens (including phenoxy) is 1. The van der Waals surface area contributed by atoms with Crippen molar-refractivity contribution < 1.29 is 17.9 Å². The number of rotatable bonds is 3. The summed E-state index contributed by atoms with van der Waals surface area (Å²) in [5.74, 6) is 0. The number of nitrogens with zero attached hydrogens (tertiary/aromatic N) is 2. The van der Waals surface area contributed by atoms with E-state index in [1.807, 2.05) is 0 Å². The number of hydrogen-bond acceptors (Lipinski definition) is 5. The molecule has 0 fully saturated rings. The second kappa shape index (κ2) is 6.51. The zero-order chi connectivity index (χ0) is 19.2. The third-order valence-corrected chi connectivity index (χ3v) is 6.83. The minimum Gasteiger partial charge on any atom is -0.453 e. The molecule has 3 heterocycles. The molecule has 27 heavy (non-hydrogen) atoms. The number of halogens is 1. The van der Waals surface area contributed by atoms with Crippen molar-refractivity contribution in [1.29, 1.82) is 0 Å². The van der Waals surface area contributed by atoms with Crippen molar-refractivity contribution in [2.24, 2.45) is 0 Å². The van der Waals surface area contributed by atoms with Crippen molar-refractivity contribution in [2.45, 2.75) is 17.0 Å². The van der Waals surface area contributed by atoms with E-state index in [1.165, 1.54) is 30.3 Å². The van der Waals surface area contributed by atoms with Crippen molar-refractivity contribution in [3.63, 3.8) is 0 Å². The molecule has 1 amide bonds. The molecule has 2 bridgehead atoms. The van der Waals surface area contributed by atoms with Gasteiger partial charge in [-0.2, -0.15) is 0 Å². The maximum absolute atomic E-state index is 13.4. The molecule has 4 rings (SSSR count). The van der Waals surface area contributed by atoms with Crippen LogP contribution >= 0.6 is 11.6 Å². The Morgan fingerprint density at radius 1 is 1.11 bits per heavy atom. The van der Waals surface area contributed by atoms with Crippen LogP contribution in [-0.4, -0.2) is 43.6 Å². The normalized spacial score (nSPS) is 21.0. The van der Waals surface area contributed by atoms with E-state index in [2.05, 4.69) is 4.98 Å². The summed E-state index contributed by atoms with van der Waals surface area (Å²) in [4.78, 5) is 18.1. The van der Waals surface area contributed by atoms with Gasteiger partial charge in [-0.25, -0.2) is 18.2 Å². The first-order chi connectivity index (χ1) is 12.9. The third-order valence-electron chi connectivity index (χ3n) is 4.67. The summed E-state index contributed by atoms with van der Waals surface area (Å²) in [6.45, 7) is 0. The van der Waals surface area contributed by atoms with Gasteiger partial charge in [0.25, 0.3) is 0 Å². The number of carbonyl (C=O) groups is 1. The van der Waals surface area contributed by atoms with Crippen molar-refractivity contribution in [1.82, 2.24) is 9.88 Å². The monoisotopic (exact) mass is 402 g/mol. The fourth-order valence-electron chi connectivity index (χ4n) is 3.53. The van der Waals surface area contributed by atoms with Crippen LogP contribution in [0.3, 0.4) is 0 Å². The van der Waals surface area contributed by atoms with Crippen LogP contribution in [0.15, 0.2) is 70.6 Å². The topological polar surface area (TPSA) is 76.6 Å². The number of aromatic nitrogens is 1. The highest BCUT2D eigenvalue weighted by atomic mass is 35.5. The molecule has 0 N–H and O–H groups in total. The largest absolute Gasteiger partial charge is 0.453 e. The van der Waals surface area contributed by atoms with Gasteiger partial charge in [0.1, 0.15) is 5.15 Å². The van der Waals surface area contributed by atoms with Gasteiger partial charge >= 0.3 is 6.09 Å². The number of carbonyl (C=O) groups excluding carboxylic acids is 1. The second-order valence-corrected chi connectivity index (χ2v) is 8.42. The Balaban J connectivity index is 1.93. The second-order valence-electron chi connectivity index (χ2n) is 6.12. The number of sulfone groups is 1. The Morgan fingerprint density at radius 2 is 1.81 bits per heavy atom. The van der Waals surface area contributed by atoms with Gasteiger partial charge < -0.3 is 4.74 Å². The number of hydrogen-bond donors (Lipinski definition) is 0. The van der Waals surface area contributed by atoms with Gasteiger partial charge in [-0.05, 0) is 29.8 Å². The number of fused-ring (bicyclic) bond motifs is 2. The average molecular weight is 403 g/mol. The molecular formula is C19H15ClN2O4S. The number of benzene rings is 1. The first kappa shape index (κ1) is 17.8. The zero-order valence-electron chi connectivity index (χ0n) is 14.2. The molecule has 0 spiro atoms. The maximum Gasteiger partial charge on any atom is 0.411 e. The molecule has 1 aromatic heterocycles. The Kier molecular flexibility index (Phi) is 4.28. The van der Waals surface area contributed by atoms with Gasteiger partial charge in [-0.3, -0.25) is 4.90 Å². The summed E-state index contributed by atoms with van der Waals surface area (Å²) in [7, 11) is -2.56. The highest BCUT2D eigenvalue weighted by molar-refractivity contribution is 7.95. The highest BCUT2D eigenvalue weighted by Gasteiger charge is 2.50. The first-order valence-corrected chi connectivity index (χ1v) is 10.0. The number of pyridine rings is 1. The van der Waals surface area contributed by atoms with E-state index < -0.39 is 28.0 Å². The molecule has 2 aliphatic heterocycles. The molecule has 0 saturated carbocycles.